The number of nitrogens with zero attached hydrogens (tertiary/aromatic N) is 3. The van der Waals surface area contributed by atoms with Crippen LogP contribution in [0.4, 0.5) is 0 Å². The Bertz CT molecular complexity index is 780. The average molecular weight is 372 g/mol. The van der Waals surface area contributed by atoms with E-state index in [2.05, 4.69) is 62.6 Å². The molecule has 1 unspecified atom stereocenters. The van der Waals surface area contributed by atoms with E-state index >= 15 is 0 Å². The van der Waals surface area contributed by atoms with Crippen LogP contribution in [0.25, 0.3) is 10.7 Å². The molecule has 25 heavy (non-hydrogen) atoms. The summed E-state index contributed by atoms with van der Waals surface area (Å²) in [5.74, 6) is 1.96. The van der Waals surface area contributed by atoms with Crippen molar-refractivity contribution in [3.05, 3.63) is 53.4 Å². The van der Waals surface area contributed by atoms with E-state index < -0.39 is 0 Å². The standard InChI is InChI=1S/C19H21N3OS2/c1-2-6-15(7-3-1)10-13-25-19-21-20-18(17-9-5-12-24-17)22(19)14-16-8-4-11-23-16/h1-3,5-7,9,12,16H,4,8,10-11,13-14H2. The van der Waals surface area contributed by atoms with E-state index in [1.165, 1.54) is 10.4 Å². The number of aromatic nitrogens is 3. The summed E-state index contributed by atoms with van der Waals surface area (Å²) in [6.07, 6.45) is 3.59. The molecule has 2 aromatic heterocycles. The summed E-state index contributed by atoms with van der Waals surface area (Å²) in [6, 6.07) is 14.8. The van der Waals surface area contributed by atoms with E-state index in [0.29, 0.717) is 0 Å². The molecule has 4 nitrogen and oxygen atoms in total. The minimum absolute atomic E-state index is 0.281. The van der Waals surface area contributed by atoms with E-state index in [9.17, 15) is 0 Å². The van der Waals surface area contributed by atoms with Gasteiger partial charge < -0.3 is 4.74 Å². The van der Waals surface area contributed by atoms with Crippen molar-refractivity contribution in [3.8, 4) is 10.7 Å². The van der Waals surface area contributed by atoms with Gasteiger partial charge in [0, 0.05) is 12.4 Å². The summed E-state index contributed by atoms with van der Waals surface area (Å²) >= 11 is 3.49. The largest absolute Gasteiger partial charge is 0.376 e. The Hall–Kier alpha value is -1.63. The second-order valence-corrected chi connectivity index (χ2v) is 8.12. The minimum atomic E-state index is 0.281. The van der Waals surface area contributed by atoms with Gasteiger partial charge in [0.15, 0.2) is 11.0 Å². The summed E-state index contributed by atoms with van der Waals surface area (Å²) in [4.78, 5) is 1.17. The number of aryl methyl sites for hydroxylation is 1. The van der Waals surface area contributed by atoms with E-state index in [-0.39, 0.29) is 6.10 Å². The Morgan fingerprint density at radius 1 is 1.16 bits per heavy atom. The first-order valence-corrected chi connectivity index (χ1v) is 10.5. The van der Waals surface area contributed by atoms with Gasteiger partial charge in [-0.1, -0.05) is 48.2 Å². The molecule has 0 N–H and O–H groups in total. The monoisotopic (exact) mass is 371 g/mol. The first kappa shape index (κ1) is 16.8. The van der Waals surface area contributed by atoms with Gasteiger partial charge in [-0.3, -0.25) is 4.57 Å². The Kier molecular flexibility index (Phi) is 5.49. The van der Waals surface area contributed by atoms with Crippen LogP contribution < -0.4 is 0 Å². The summed E-state index contributed by atoms with van der Waals surface area (Å²) in [5, 5.41) is 12.0. The highest BCUT2D eigenvalue weighted by atomic mass is 32.2. The number of benzene rings is 1. The molecular weight excluding hydrogens is 350 g/mol. The van der Waals surface area contributed by atoms with Crippen molar-refractivity contribution in [1.82, 2.24) is 14.8 Å². The third-order valence-corrected chi connectivity index (χ3v) is 6.17. The minimum Gasteiger partial charge on any atom is -0.376 e. The first-order chi connectivity index (χ1) is 12.4. The molecule has 0 radical (unpaired) electrons. The lowest BCUT2D eigenvalue weighted by Crippen LogP contribution is -2.16. The molecule has 1 aromatic carbocycles. The second-order valence-electron chi connectivity index (χ2n) is 6.11. The molecule has 1 aliphatic heterocycles. The van der Waals surface area contributed by atoms with Gasteiger partial charge in [0.1, 0.15) is 0 Å². The lowest BCUT2D eigenvalue weighted by atomic mass is 10.2. The third-order valence-electron chi connectivity index (χ3n) is 4.33. The molecule has 0 aliphatic carbocycles. The Labute approximate surface area is 156 Å². The maximum atomic E-state index is 5.85. The summed E-state index contributed by atoms with van der Waals surface area (Å²) < 4.78 is 8.09. The normalized spacial score (nSPS) is 17.2. The van der Waals surface area contributed by atoms with Crippen LogP contribution in [0, 0.1) is 0 Å². The highest BCUT2D eigenvalue weighted by Gasteiger charge is 2.22. The second kappa shape index (κ2) is 8.17. The zero-order valence-electron chi connectivity index (χ0n) is 14.0. The van der Waals surface area contributed by atoms with Crippen molar-refractivity contribution in [2.24, 2.45) is 0 Å². The number of ether oxygens (including phenoxy) is 1. The number of rotatable bonds is 7. The van der Waals surface area contributed by atoms with Crippen molar-refractivity contribution in [2.75, 3.05) is 12.4 Å². The molecule has 1 aliphatic rings. The Morgan fingerprint density at radius 3 is 2.84 bits per heavy atom. The molecule has 0 bridgehead atoms. The van der Waals surface area contributed by atoms with Crippen LogP contribution in [0.2, 0.25) is 0 Å². The van der Waals surface area contributed by atoms with Crippen molar-refractivity contribution in [1.29, 1.82) is 0 Å². The number of hydrogen-bond donors (Lipinski definition) is 0. The van der Waals surface area contributed by atoms with Crippen LogP contribution in [0.3, 0.4) is 0 Å². The molecule has 0 saturated carbocycles. The van der Waals surface area contributed by atoms with Crippen molar-refractivity contribution in [3.63, 3.8) is 0 Å². The molecule has 0 amide bonds. The maximum Gasteiger partial charge on any atom is 0.191 e. The molecule has 3 aromatic rings. The van der Waals surface area contributed by atoms with Gasteiger partial charge in [0.05, 0.1) is 17.5 Å². The highest BCUT2D eigenvalue weighted by Crippen LogP contribution is 2.29. The molecule has 1 saturated heterocycles. The fourth-order valence-corrected chi connectivity index (χ4v) is 4.70. The number of thioether (sulfide) groups is 1. The Morgan fingerprint density at radius 2 is 2.08 bits per heavy atom. The Balaban J connectivity index is 1.50. The molecule has 3 heterocycles. The first-order valence-electron chi connectivity index (χ1n) is 8.65. The van der Waals surface area contributed by atoms with E-state index in [1.807, 2.05) is 0 Å². The summed E-state index contributed by atoms with van der Waals surface area (Å²) in [7, 11) is 0. The quantitative estimate of drug-likeness (QED) is 0.573. The van der Waals surface area contributed by atoms with Gasteiger partial charge in [-0.05, 0) is 36.3 Å². The van der Waals surface area contributed by atoms with E-state index in [4.69, 9.17) is 4.74 Å². The SMILES string of the molecule is c1ccc(CCSc2nnc(-c3cccs3)n2CC2CCCO2)cc1. The fraction of sp³-hybridized carbons (Fsp3) is 0.368. The van der Waals surface area contributed by atoms with Gasteiger partial charge in [0.25, 0.3) is 0 Å². The molecule has 130 valence electrons. The zero-order chi connectivity index (χ0) is 16.9. The van der Waals surface area contributed by atoms with Gasteiger partial charge in [-0.15, -0.1) is 21.5 Å². The van der Waals surface area contributed by atoms with Crippen LogP contribution in [-0.2, 0) is 17.7 Å². The number of hydrogen-bond acceptors (Lipinski definition) is 5. The highest BCUT2D eigenvalue weighted by molar-refractivity contribution is 7.99. The predicted octanol–water partition coefficient (Wildman–Crippen LogP) is 4.52. The summed E-state index contributed by atoms with van der Waals surface area (Å²) in [5.41, 5.74) is 1.36. The van der Waals surface area contributed by atoms with Crippen LogP contribution in [0.1, 0.15) is 18.4 Å². The third kappa shape index (κ3) is 4.14. The van der Waals surface area contributed by atoms with Crippen LogP contribution >= 0.6 is 23.1 Å². The van der Waals surface area contributed by atoms with Crippen LogP contribution in [-0.4, -0.2) is 33.2 Å². The van der Waals surface area contributed by atoms with Gasteiger partial charge in [0.2, 0.25) is 0 Å². The fourth-order valence-electron chi connectivity index (χ4n) is 3.04. The van der Waals surface area contributed by atoms with E-state index in [0.717, 1.165) is 49.1 Å². The summed E-state index contributed by atoms with van der Waals surface area (Å²) in [6.45, 7) is 1.71. The van der Waals surface area contributed by atoms with Gasteiger partial charge in [-0.25, -0.2) is 0 Å². The van der Waals surface area contributed by atoms with Crippen molar-refractivity contribution in [2.45, 2.75) is 37.1 Å². The van der Waals surface area contributed by atoms with Crippen LogP contribution in [0.15, 0.2) is 53.0 Å². The molecule has 4 rings (SSSR count). The number of thiophene rings is 1. The van der Waals surface area contributed by atoms with Gasteiger partial charge in [-0.2, -0.15) is 0 Å². The lowest BCUT2D eigenvalue weighted by molar-refractivity contribution is 0.0953. The molecule has 6 heteroatoms. The van der Waals surface area contributed by atoms with Gasteiger partial charge >= 0.3 is 0 Å². The van der Waals surface area contributed by atoms with E-state index in [1.54, 1.807) is 23.1 Å². The molecule has 0 spiro atoms. The smallest absolute Gasteiger partial charge is 0.191 e. The zero-order valence-corrected chi connectivity index (χ0v) is 15.6. The molecule has 1 atom stereocenters. The van der Waals surface area contributed by atoms with Crippen LogP contribution in [0.5, 0.6) is 0 Å². The lowest BCUT2D eigenvalue weighted by Gasteiger charge is -2.14. The maximum absolute atomic E-state index is 5.85. The van der Waals surface area contributed by atoms with Crippen molar-refractivity contribution < 1.29 is 4.74 Å². The topological polar surface area (TPSA) is 39.9 Å². The average Bonchev–Trinajstić information content (AvgIpc) is 3.39. The molecule has 1 fully saturated rings. The molecular formula is C19H21N3OS2. The van der Waals surface area contributed by atoms with Crippen molar-refractivity contribution >= 4 is 23.1 Å². The predicted molar refractivity (Wildman–Crippen MR) is 103 cm³/mol.